The number of allylic oxidation sites excluding steroid dienone is 1. The van der Waals surface area contributed by atoms with Crippen LogP contribution in [0.15, 0.2) is 23.3 Å². The summed E-state index contributed by atoms with van der Waals surface area (Å²) in [6.45, 7) is 6.57. The fourth-order valence-corrected chi connectivity index (χ4v) is 7.65. The molecule has 0 atom stereocenters. The zero-order valence-electron chi connectivity index (χ0n) is 24.1. The van der Waals surface area contributed by atoms with Crippen molar-refractivity contribution in [2.24, 2.45) is 22.1 Å². The molecule has 8 nitrogen and oxygen atoms in total. The van der Waals surface area contributed by atoms with E-state index in [1.54, 1.807) is 20.0 Å². The summed E-state index contributed by atoms with van der Waals surface area (Å²) >= 11 is 0. The fraction of sp³-hybridized carbons (Fsp3) is 0.581. The summed E-state index contributed by atoms with van der Waals surface area (Å²) in [5, 5.41) is 8.68. The summed E-state index contributed by atoms with van der Waals surface area (Å²) in [4.78, 5) is 20.4. The fourth-order valence-electron chi connectivity index (χ4n) is 7.65. The zero-order chi connectivity index (χ0) is 28.7. The SMILES string of the molecule is CN=C/C(=C\N)c1cc2c(cc1C(F)F)N(c1nn(CC3CC4(CCNCC4)C3)c3c1CN(C(C)=O)CC3)CCC2. The van der Waals surface area contributed by atoms with E-state index in [0.29, 0.717) is 42.1 Å². The number of nitrogens with two attached hydrogens (primary N) is 1. The maximum Gasteiger partial charge on any atom is 0.264 e. The van der Waals surface area contributed by atoms with Gasteiger partial charge < -0.3 is 20.9 Å². The van der Waals surface area contributed by atoms with Crippen LogP contribution in [0.3, 0.4) is 0 Å². The average molecular weight is 566 g/mol. The van der Waals surface area contributed by atoms with Crippen molar-refractivity contribution in [2.75, 3.05) is 38.1 Å². The highest BCUT2D eigenvalue weighted by molar-refractivity contribution is 6.10. The first-order chi connectivity index (χ1) is 19.8. The van der Waals surface area contributed by atoms with E-state index < -0.39 is 6.43 Å². The Labute approximate surface area is 240 Å². The van der Waals surface area contributed by atoms with Gasteiger partial charge in [-0.2, -0.15) is 5.10 Å². The van der Waals surface area contributed by atoms with Crippen LogP contribution in [0.2, 0.25) is 0 Å². The standard InChI is InChI=1S/C31H41F2N7O/c1-20(41)38-11-5-27-26(19-38)30(37-40(27)18-21-14-31(15-21)6-8-36-9-7-31)39-10-3-4-22-12-24(23(16-34)17-35-2)25(29(32)33)13-28(22)39/h12-13,16-17,21,29,36H,3-11,14-15,18-19,34H2,1-2H3/b23-16+,35-17?. The van der Waals surface area contributed by atoms with E-state index in [2.05, 4.69) is 19.9 Å². The Morgan fingerprint density at radius 2 is 2.02 bits per heavy atom. The molecule has 3 aliphatic heterocycles. The number of halogens is 2. The number of aryl methyl sites for hydroxylation is 1. The minimum Gasteiger partial charge on any atom is -0.404 e. The second kappa shape index (κ2) is 11.2. The number of anilines is 2. The molecule has 1 aliphatic carbocycles. The third kappa shape index (κ3) is 5.15. The van der Waals surface area contributed by atoms with E-state index in [9.17, 15) is 13.6 Å². The maximum absolute atomic E-state index is 14.4. The highest BCUT2D eigenvalue weighted by Crippen LogP contribution is 2.52. The molecule has 0 bridgehead atoms. The van der Waals surface area contributed by atoms with Gasteiger partial charge in [0.2, 0.25) is 5.91 Å². The Balaban J connectivity index is 1.37. The Hall–Kier alpha value is -3.27. The van der Waals surface area contributed by atoms with Crippen molar-refractivity contribution in [1.29, 1.82) is 0 Å². The Morgan fingerprint density at radius 1 is 1.24 bits per heavy atom. The molecule has 4 heterocycles. The molecule has 6 rings (SSSR count). The number of aromatic nitrogens is 2. The van der Waals surface area contributed by atoms with Crippen LogP contribution in [0.1, 0.15) is 73.4 Å². The van der Waals surface area contributed by atoms with Crippen molar-refractivity contribution < 1.29 is 13.6 Å². The number of piperidine rings is 1. The lowest BCUT2D eigenvalue weighted by Crippen LogP contribution is -2.46. The first-order valence-corrected chi connectivity index (χ1v) is 14.9. The molecule has 1 amide bonds. The normalized spacial score (nSPS) is 21.0. The smallest absolute Gasteiger partial charge is 0.264 e. The number of nitrogens with zero attached hydrogens (tertiary/aromatic N) is 5. The molecule has 41 heavy (non-hydrogen) atoms. The number of hydrogen-bond donors (Lipinski definition) is 2. The lowest BCUT2D eigenvalue weighted by molar-refractivity contribution is -0.129. The van der Waals surface area contributed by atoms with E-state index in [1.165, 1.54) is 43.8 Å². The Morgan fingerprint density at radius 3 is 2.71 bits per heavy atom. The van der Waals surface area contributed by atoms with E-state index in [-0.39, 0.29) is 11.5 Å². The number of hydrogen-bond acceptors (Lipinski definition) is 6. The summed E-state index contributed by atoms with van der Waals surface area (Å²) in [5.74, 6) is 1.45. The van der Waals surface area contributed by atoms with Crippen LogP contribution in [0.4, 0.5) is 20.3 Å². The molecule has 2 aromatic rings. The van der Waals surface area contributed by atoms with Crippen LogP contribution in [0.5, 0.6) is 0 Å². The topological polar surface area (TPSA) is 91.8 Å². The maximum atomic E-state index is 14.4. The van der Waals surface area contributed by atoms with Crippen LogP contribution in [0.25, 0.3) is 5.57 Å². The lowest BCUT2D eigenvalue weighted by atomic mass is 9.58. The summed E-state index contributed by atoms with van der Waals surface area (Å²) < 4.78 is 31.0. The van der Waals surface area contributed by atoms with Gasteiger partial charge in [0, 0.05) is 80.5 Å². The summed E-state index contributed by atoms with van der Waals surface area (Å²) in [5.41, 5.74) is 11.1. The third-order valence-electron chi connectivity index (χ3n) is 9.72. The van der Waals surface area contributed by atoms with E-state index in [4.69, 9.17) is 10.8 Å². The molecule has 0 radical (unpaired) electrons. The summed E-state index contributed by atoms with van der Waals surface area (Å²) in [6.07, 6.45) is 7.60. The summed E-state index contributed by atoms with van der Waals surface area (Å²) in [7, 11) is 1.60. The van der Waals surface area contributed by atoms with Gasteiger partial charge in [-0.3, -0.25) is 14.5 Å². The predicted octanol–water partition coefficient (Wildman–Crippen LogP) is 4.59. The van der Waals surface area contributed by atoms with E-state index in [0.717, 1.165) is 61.5 Å². The van der Waals surface area contributed by atoms with Gasteiger partial charge in [-0.25, -0.2) is 8.78 Å². The van der Waals surface area contributed by atoms with Crippen molar-refractivity contribution in [2.45, 2.75) is 71.4 Å². The molecule has 1 saturated heterocycles. The number of benzene rings is 1. The number of alkyl halides is 2. The number of fused-ring (bicyclic) bond motifs is 2. The lowest BCUT2D eigenvalue weighted by Gasteiger charge is -2.50. The highest BCUT2D eigenvalue weighted by atomic mass is 19.3. The van der Waals surface area contributed by atoms with E-state index in [1.807, 2.05) is 11.0 Å². The number of amides is 1. The molecule has 1 spiro atoms. The molecular formula is C31H41F2N7O. The Bertz CT molecular complexity index is 1370. The molecule has 0 unspecified atom stereocenters. The molecule has 4 aliphatic rings. The summed E-state index contributed by atoms with van der Waals surface area (Å²) in [6, 6.07) is 3.47. The third-order valence-corrected chi connectivity index (χ3v) is 9.72. The van der Waals surface area contributed by atoms with E-state index >= 15 is 0 Å². The van der Waals surface area contributed by atoms with Crippen molar-refractivity contribution in [3.8, 4) is 0 Å². The van der Waals surface area contributed by atoms with Crippen LogP contribution >= 0.6 is 0 Å². The number of nitrogens with one attached hydrogen (secondary N) is 1. The molecule has 220 valence electrons. The second-order valence-electron chi connectivity index (χ2n) is 12.3. The van der Waals surface area contributed by atoms with Gasteiger partial charge in [0.15, 0.2) is 5.82 Å². The van der Waals surface area contributed by atoms with Gasteiger partial charge in [0.25, 0.3) is 6.43 Å². The largest absolute Gasteiger partial charge is 0.404 e. The molecule has 3 N–H and O–H groups in total. The zero-order valence-corrected chi connectivity index (χ0v) is 24.1. The molecular weight excluding hydrogens is 524 g/mol. The quantitative estimate of drug-likeness (QED) is 0.500. The van der Waals surface area contributed by atoms with Crippen molar-refractivity contribution in [3.63, 3.8) is 0 Å². The van der Waals surface area contributed by atoms with Crippen LogP contribution < -0.4 is 16.0 Å². The van der Waals surface area contributed by atoms with Gasteiger partial charge in [0.05, 0.1) is 6.54 Å². The van der Waals surface area contributed by atoms with Gasteiger partial charge >= 0.3 is 0 Å². The predicted molar refractivity (Wildman–Crippen MR) is 158 cm³/mol. The molecule has 1 saturated carbocycles. The average Bonchev–Trinajstić information content (AvgIpc) is 3.31. The minimum absolute atomic E-state index is 0.0450. The van der Waals surface area contributed by atoms with Crippen LogP contribution in [-0.2, 0) is 30.7 Å². The van der Waals surface area contributed by atoms with Crippen molar-refractivity contribution in [1.82, 2.24) is 20.0 Å². The minimum atomic E-state index is -2.67. The number of carbonyl (C=O) groups is 1. The monoisotopic (exact) mass is 565 g/mol. The Kier molecular flexibility index (Phi) is 7.61. The molecule has 1 aromatic carbocycles. The molecule has 10 heteroatoms. The number of aliphatic imine (C=N–C) groups is 1. The van der Waals surface area contributed by atoms with Crippen LogP contribution in [-0.4, -0.2) is 60.0 Å². The van der Waals surface area contributed by atoms with Gasteiger partial charge in [-0.1, -0.05) is 0 Å². The first kappa shape index (κ1) is 27.9. The van der Waals surface area contributed by atoms with Crippen LogP contribution in [0, 0.1) is 11.3 Å². The van der Waals surface area contributed by atoms with Crippen molar-refractivity contribution >= 4 is 29.2 Å². The number of rotatable bonds is 6. The van der Waals surface area contributed by atoms with Gasteiger partial charge in [-0.15, -0.1) is 0 Å². The highest BCUT2D eigenvalue weighted by Gasteiger charge is 2.45. The van der Waals surface area contributed by atoms with Gasteiger partial charge in [0.1, 0.15) is 0 Å². The van der Waals surface area contributed by atoms with Gasteiger partial charge in [-0.05, 0) is 86.2 Å². The molecule has 2 fully saturated rings. The number of carbonyl (C=O) groups excluding carboxylic acids is 1. The second-order valence-corrected chi connectivity index (χ2v) is 12.3. The van der Waals surface area contributed by atoms with Crippen molar-refractivity contribution in [3.05, 3.63) is 46.3 Å². The first-order valence-electron chi connectivity index (χ1n) is 14.9. The molecule has 1 aromatic heterocycles.